The van der Waals surface area contributed by atoms with Crippen molar-refractivity contribution in [1.82, 2.24) is 24.7 Å². The topological polar surface area (TPSA) is 68.5 Å². The van der Waals surface area contributed by atoms with Crippen LogP contribution in [0.15, 0.2) is 6.33 Å². The zero-order valence-corrected chi connectivity index (χ0v) is 12.9. The highest BCUT2D eigenvalue weighted by Gasteiger charge is 2.12. The maximum absolute atomic E-state index is 6.16. The molecule has 2 aromatic rings. The largest absolute Gasteiger partial charge is 0.362 e. The lowest BCUT2D eigenvalue weighted by Crippen LogP contribution is -2.11. The van der Waals surface area contributed by atoms with E-state index in [0.717, 1.165) is 29.6 Å². The van der Waals surface area contributed by atoms with E-state index >= 15 is 0 Å². The smallest absolute Gasteiger partial charge is 0.152 e. The molecule has 0 saturated carbocycles. The van der Waals surface area contributed by atoms with Crippen molar-refractivity contribution in [2.45, 2.75) is 46.7 Å². The molecule has 0 atom stereocenters. The van der Waals surface area contributed by atoms with E-state index in [1.165, 1.54) is 0 Å². The molecule has 0 radical (unpaired) electrons. The fourth-order valence-corrected chi connectivity index (χ4v) is 1.95. The highest BCUT2D eigenvalue weighted by molar-refractivity contribution is 6.30. The molecule has 0 saturated heterocycles. The van der Waals surface area contributed by atoms with Crippen molar-refractivity contribution in [3.8, 4) is 0 Å². The van der Waals surface area contributed by atoms with Crippen LogP contribution in [-0.4, -0.2) is 24.7 Å². The van der Waals surface area contributed by atoms with Crippen LogP contribution >= 0.6 is 11.6 Å². The molecule has 2 rings (SSSR count). The lowest BCUT2D eigenvalue weighted by Gasteiger charge is -2.12. The third-order valence-electron chi connectivity index (χ3n) is 3.07. The Morgan fingerprint density at radius 3 is 2.75 bits per heavy atom. The van der Waals surface area contributed by atoms with E-state index in [1.54, 1.807) is 6.33 Å². The van der Waals surface area contributed by atoms with Crippen molar-refractivity contribution in [2.24, 2.45) is 0 Å². The molecule has 0 spiro atoms. The average molecular weight is 295 g/mol. The normalized spacial score (nSPS) is 11.1. The molecule has 2 aromatic heterocycles. The van der Waals surface area contributed by atoms with Crippen LogP contribution in [0.5, 0.6) is 0 Å². The number of anilines is 1. The number of hydrogen-bond acceptors (Lipinski definition) is 5. The Morgan fingerprint density at radius 2 is 2.10 bits per heavy atom. The van der Waals surface area contributed by atoms with Gasteiger partial charge in [-0.1, -0.05) is 25.4 Å². The van der Waals surface area contributed by atoms with Crippen LogP contribution in [0.3, 0.4) is 0 Å². The van der Waals surface area contributed by atoms with E-state index in [9.17, 15) is 0 Å². The van der Waals surface area contributed by atoms with E-state index in [1.807, 2.05) is 25.3 Å². The first-order chi connectivity index (χ1) is 9.52. The summed E-state index contributed by atoms with van der Waals surface area (Å²) in [6.45, 7) is 9.43. The van der Waals surface area contributed by atoms with Gasteiger partial charge in [0, 0.05) is 18.0 Å². The van der Waals surface area contributed by atoms with Crippen molar-refractivity contribution >= 4 is 17.4 Å². The van der Waals surface area contributed by atoms with Crippen LogP contribution in [-0.2, 0) is 13.1 Å². The predicted octanol–water partition coefficient (Wildman–Crippen LogP) is 2.79. The van der Waals surface area contributed by atoms with E-state index in [4.69, 9.17) is 11.6 Å². The predicted molar refractivity (Wildman–Crippen MR) is 78.9 cm³/mol. The molecular weight excluding hydrogens is 276 g/mol. The van der Waals surface area contributed by atoms with Gasteiger partial charge < -0.3 is 9.88 Å². The van der Waals surface area contributed by atoms with Crippen molar-refractivity contribution in [1.29, 1.82) is 0 Å². The number of nitrogens with zero attached hydrogens (tertiary/aromatic N) is 5. The van der Waals surface area contributed by atoms with Crippen LogP contribution in [0.2, 0.25) is 5.15 Å². The first-order valence-electron chi connectivity index (χ1n) is 6.67. The second kappa shape index (κ2) is 6.17. The van der Waals surface area contributed by atoms with Crippen molar-refractivity contribution in [3.05, 3.63) is 28.7 Å². The molecule has 0 bridgehead atoms. The van der Waals surface area contributed by atoms with Gasteiger partial charge in [-0.25, -0.2) is 9.97 Å². The number of nitrogens with one attached hydrogen (secondary N) is 1. The zero-order valence-electron chi connectivity index (χ0n) is 12.2. The first kappa shape index (κ1) is 14.7. The minimum atomic E-state index is 0.230. The Labute approximate surface area is 123 Å². The van der Waals surface area contributed by atoms with Crippen molar-refractivity contribution < 1.29 is 0 Å². The Balaban J connectivity index is 2.21. The van der Waals surface area contributed by atoms with Gasteiger partial charge in [0.15, 0.2) is 5.82 Å². The molecule has 0 unspecified atom stereocenters. The molecule has 0 aliphatic heterocycles. The number of rotatable bonds is 5. The molecule has 0 amide bonds. The maximum atomic E-state index is 6.16. The standard InChI is InChI=1S/C13H19ClN6/c1-5-20-7-16-19-10(20)6-15-13-9(4)11(14)17-12(18-13)8(2)3/h7-8H,5-6H2,1-4H3,(H,15,17,18). The van der Waals surface area contributed by atoms with Gasteiger partial charge in [-0.15, -0.1) is 10.2 Å². The maximum Gasteiger partial charge on any atom is 0.152 e. The quantitative estimate of drug-likeness (QED) is 0.859. The molecule has 0 aromatic carbocycles. The number of aromatic nitrogens is 5. The fourth-order valence-electron chi connectivity index (χ4n) is 1.78. The molecule has 6 nitrogen and oxygen atoms in total. The molecule has 0 aliphatic rings. The summed E-state index contributed by atoms with van der Waals surface area (Å²) in [6, 6.07) is 0. The highest BCUT2D eigenvalue weighted by Crippen LogP contribution is 2.23. The van der Waals surface area contributed by atoms with Crippen LogP contribution in [0, 0.1) is 6.92 Å². The van der Waals surface area contributed by atoms with Gasteiger partial charge in [0.2, 0.25) is 0 Å². The Bertz CT molecular complexity index is 593. The lowest BCUT2D eigenvalue weighted by molar-refractivity contribution is 0.705. The van der Waals surface area contributed by atoms with Gasteiger partial charge in [0.25, 0.3) is 0 Å². The van der Waals surface area contributed by atoms with Gasteiger partial charge in [0.05, 0.1) is 6.54 Å². The summed E-state index contributed by atoms with van der Waals surface area (Å²) in [5, 5.41) is 11.7. The van der Waals surface area contributed by atoms with E-state index in [-0.39, 0.29) is 5.92 Å². The summed E-state index contributed by atoms with van der Waals surface area (Å²) < 4.78 is 1.98. The molecule has 0 fully saturated rings. The summed E-state index contributed by atoms with van der Waals surface area (Å²) in [6.07, 6.45) is 1.72. The number of hydrogen-bond donors (Lipinski definition) is 1. The van der Waals surface area contributed by atoms with Crippen LogP contribution < -0.4 is 5.32 Å². The van der Waals surface area contributed by atoms with Crippen molar-refractivity contribution in [3.63, 3.8) is 0 Å². The van der Waals surface area contributed by atoms with Gasteiger partial charge in [-0.3, -0.25) is 0 Å². The minimum absolute atomic E-state index is 0.230. The highest BCUT2D eigenvalue weighted by atomic mass is 35.5. The molecule has 1 N–H and O–H groups in total. The molecule has 20 heavy (non-hydrogen) atoms. The summed E-state index contributed by atoms with van der Waals surface area (Å²) in [4.78, 5) is 8.82. The third-order valence-corrected chi connectivity index (χ3v) is 3.44. The minimum Gasteiger partial charge on any atom is -0.362 e. The average Bonchev–Trinajstić information content (AvgIpc) is 2.87. The molecule has 0 aliphatic carbocycles. The van der Waals surface area contributed by atoms with Crippen LogP contribution in [0.4, 0.5) is 5.82 Å². The van der Waals surface area contributed by atoms with Gasteiger partial charge in [0.1, 0.15) is 23.1 Å². The number of aryl methyl sites for hydroxylation is 1. The summed E-state index contributed by atoms with van der Waals surface area (Å²) >= 11 is 6.16. The van der Waals surface area contributed by atoms with E-state index in [2.05, 4.69) is 32.4 Å². The Hall–Kier alpha value is -1.69. The van der Waals surface area contributed by atoms with Gasteiger partial charge in [-0.2, -0.15) is 0 Å². The molecular formula is C13H19ClN6. The Morgan fingerprint density at radius 1 is 1.35 bits per heavy atom. The van der Waals surface area contributed by atoms with Gasteiger partial charge >= 0.3 is 0 Å². The summed E-state index contributed by atoms with van der Waals surface area (Å²) in [5.41, 5.74) is 0.846. The summed E-state index contributed by atoms with van der Waals surface area (Å²) in [5.74, 6) is 2.58. The zero-order chi connectivity index (χ0) is 14.7. The lowest BCUT2D eigenvalue weighted by atomic mass is 10.2. The second-order valence-electron chi connectivity index (χ2n) is 4.89. The molecule has 7 heteroatoms. The van der Waals surface area contributed by atoms with E-state index < -0.39 is 0 Å². The SMILES string of the molecule is CCn1cnnc1CNc1nc(C(C)C)nc(Cl)c1C. The fraction of sp³-hybridized carbons (Fsp3) is 0.538. The monoisotopic (exact) mass is 294 g/mol. The Kier molecular flexibility index (Phi) is 4.54. The number of halogens is 1. The second-order valence-corrected chi connectivity index (χ2v) is 5.25. The first-order valence-corrected chi connectivity index (χ1v) is 7.05. The molecule has 2 heterocycles. The van der Waals surface area contributed by atoms with Crippen LogP contribution in [0.25, 0.3) is 0 Å². The van der Waals surface area contributed by atoms with Crippen molar-refractivity contribution in [2.75, 3.05) is 5.32 Å². The van der Waals surface area contributed by atoms with Gasteiger partial charge in [-0.05, 0) is 13.8 Å². The summed E-state index contributed by atoms with van der Waals surface area (Å²) in [7, 11) is 0. The molecule has 108 valence electrons. The van der Waals surface area contributed by atoms with E-state index in [0.29, 0.717) is 11.7 Å². The van der Waals surface area contributed by atoms with Crippen LogP contribution in [0.1, 0.15) is 43.9 Å². The third kappa shape index (κ3) is 3.07.